The number of benzene rings is 1. The van der Waals surface area contributed by atoms with Gasteiger partial charge in [-0.05, 0) is 18.6 Å². The fourth-order valence-corrected chi connectivity index (χ4v) is 1.79. The Kier molecular flexibility index (Phi) is 6.18. The Labute approximate surface area is 120 Å². The number of nitrogens with one attached hydrogen (secondary N) is 1. The predicted octanol–water partition coefficient (Wildman–Crippen LogP) is 1.59. The molecule has 1 atom stereocenters. The van der Waals surface area contributed by atoms with E-state index in [-0.39, 0.29) is 17.7 Å². The maximum atomic E-state index is 11.9. The van der Waals surface area contributed by atoms with Gasteiger partial charge in [0.2, 0.25) is 11.8 Å². The summed E-state index contributed by atoms with van der Waals surface area (Å²) < 4.78 is 0. The number of nitrogens with zero attached hydrogens (tertiary/aromatic N) is 1. The molecule has 5 heteroatoms. The van der Waals surface area contributed by atoms with Crippen LogP contribution in [-0.2, 0) is 16.1 Å². The average molecular weight is 277 g/mol. The minimum Gasteiger partial charge on any atom is -0.339 e. The molecule has 3 N–H and O–H groups in total. The third kappa shape index (κ3) is 4.35. The Morgan fingerprint density at radius 1 is 1.35 bits per heavy atom. The van der Waals surface area contributed by atoms with Gasteiger partial charge < -0.3 is 16.0 Å². The molecule has 110 valence electrons. The molecule has 0 aliphatic rings. The van der Waals surface area contributed by atoms with E-state index in [4.69, 9.17) is 5.73 Å². The summed E-state index contributed by atoms with van der Waals surface area (Å²) >= 11 is 0. The molecule has 20 heavy (non-hydrogen) atoms. The fourth-order valence-electron chi connectivity index (χ4n) is 1.79. The van der Waals surface area contributed by atoms with Crippen LogP contribution in [0, 0.1) is 5.92 Å². The van der Waals surface area contributed by atoms with Crippen LogP contribution < -0.4 is 11.1 Å². The Morgan fingerprint density at radius 3 is 2.55 bits per heavy atom. The number of para-hydroxylation sites is 1. The first-order chi connectivity index (χ1) is 9.49. The molecular formula is C15H23N3O2. The first-order valence-corrected chi connectivity index (χ1v) is 6.83. The van der Waals surface area contributed by atoms with E-state index in [1.807, 2.05) is 31.2 Å². The van der Waals surface area contributed by atoms with E-state index >= 15 is 0 Å². The first kappa shape index (κ1) is 16.2. The second-order valence-electron chi connectivity index (χ2n) is 4.82. The van der Waals surface area contributed by atoms with Crippen molar-refractivity contribution in [1.82, 2.24) is 4.90 Å². The molecule has 1 aromatic carbocycles. The third-order valence-electron chi connectivity index (χ3n) is 3.26. The molecule has 0 aliphatic heterocycles. The number of hydrogen-bond acceptors (Lipinski definition) is 3. The van der Waals surface area contributed by atoms with Crippen molar-refractivity contribution in [2.45, 2.75) is 27.3 Å². The van der Waals surface area contributed by atoms with Gasteiger partial charge in [0, 0.05) is 38.2 Å². The van der Waals surface area contributed by atoms with Gasteiger partial charge in [0.25, 0.3) is 0 Å². The molecule has 0 spiro atoms. The van der Waals surface area contributed by atoms with Gasteiger partial charge in [-0.1, -0.05) is 25.1 Å². The molecule has 0 heterocycles. The first-order valence-electron chi connectivity index (χ1n) is 6.83. The molecule has 5 nitrogen and oxygen atoms in total. The largest absolute Gasteiger partial charge is 0.339 e. The van der Waals surface area contributed by atoms with Crippen LogP contribution in [0.5, 0.6) is 0 Å². The van der Waals surface area contributed by atoms with Crippen LogP contribution in [0.15, 0.2) is 24.3 Å². The van der Waals surface area contributed by atoms with E-state index in [9.17, 15) is 9.59 Å². The summed E-state index contributed by atoms with van der Waals surface area (Å²) in [5, 5.41) is 2.87. The van der Waals surface area contributed by atoms with Gasteiger partial charge in [0.1, 0.15) is 0 Å². The maximum Gasteiger partial charge on any atom is 0.228 e. The molecule has 0 bridgehead atoms. The van der Waals surface area contributed by atoms with Gasteiger partial charge in [0.05, 0.1) is 0 Å². The normalized spacial score (nSPS) is 11.8. The van der Waals surface area contributed by atoms with Crippen molar-refractivity contribution in [3.63, 3.8) is 0 Å². The Hall–Kier alpha value is -1.88. The van der Waals surface area contributed by atoms with Gasteiger partial charge in [0.15, 0.2) is 0 Å². The van der Waals surface area contributed by atoms with Gasteiger partial charge in [-0.2, -0.15) is 0 Å². The van der Waals surface area contributed by atoms with Crippen LogP contribution in [0.25, 0.3) is 0 Å². The van der Waals surface area contributed by atoms with Gasteiger partial charge in [-0.3, -0.25) is 9.59 Å². The number of amides is 2. The minimum atomic E-state index is -0.238. The van der Waals surface area contributed by atoms with E-state index in [0.29, 0.717) is 19.6 Å². The summed E-state index contributed by atoms with van der Waals surface area (Å²) in [5.74, 6) is -0.326. The van der Waals surface area contributed by atoms with Crippen LogP contribution in [-0.4, -0.2) is 29.8 Å². The Morgan fingerprint density at radius 2 is 2.00 bits per heavy atom. The zero-order valence-corrected chi connectivity index (χ0v) is 12.3. The monoisotopic (exact) mass is 277 g/mol. The van der Waals surface area contributed by atoms with Crippen molar-refractivity contribution in [2.24, 2.45) is 11.7 Å². The summed E-state index contributed by atoms with van der Waals surface area (Å²) in [6.45, 7) is 6.69. The summed E-state index contributed by atoms with van der Waals surface area (Å²) in [5.41, 5.74) is 7.15. The van der Waals surface area contributed by atoms with Crippen LogP contribution in [0.3, 0.4) is 0 Å². The van der Waals surface area contributed by atoms with Crippen molar-refractivity contribution in [2.75, 3.05) is 18.4 Å². The van der Waals surface area contributed by atoms with Crippen LogP contribution in [0.4, 0.5) is 5.69 Å². The molecule has 0 aliphatic carbocycles. The van der Waals surface area contributed by atoms with Gasteiger partial charge in [-0.15, -0.1) is 0 Å². The van der Waals surface area contributed by atoms with E-state index in [0.717, 1.165) is 11.3 Å². The highest BCUT2D eigenvalue weighted by atomic mass is 16.2. The van der Waals surface area contributed by atoms with Crippen molar-refractivity contribution in [3.05, 3.63) is 29.8 Å². The lowest BCUT2D eigenvalue weighted by molar-refractivity contribution is -0.129. The number of anilines is 1. The van der Waals surface area contributed by atoms with Crippen LogP contribution >= 0.6 is 0 Å². The Bertz CT molecular complexity index is 474. The maximum absolute atomic E-state index is 11.9. The Balaban J connectivity index is 2.88. The smallest absolute Gasteiger partial charge is 0.228 e. The fraction of sp³-hybridized carbons (Fsp3) is 0.467. The average Bonchev–Trinajstić information content (AvgIpc) is 2.44. The SMILES string of the molecule is CCN(Cc1ccccc1NC(=O)C(C)CN)C(C)=O. The number of carbonyl (C=O) groups excluding carboxylic acids is 2. The van der Waals surface area contributed by atoms with Crippen LogP contribution in [0.2, 0.25) is 0 Å². The summed E-state index contributed by atoms with van der Waals surface area (Å²) in [4.78, 5) is 25.1. The molecule has 1 rings (SSSR count). The summed E-state index contributed by atoms with van der Waals surface area (Å²) in [6, 6.07) is 7.50. The zero-order chi connectivity index (χ0) is 15.1. The lowest BCUT2D eigenvalue weighted by atomic mass is 10.1. The highest BCUT2D eigenvalue weighted by Gasteiger charge is 2.14. The van der Waals surface area contributed by atoms with Crippen molar-refractivity contribution in [3.8, 4) is 0 Å². The predicted molar refractivity (Wildman–Crippen MR) is 80.1 cm³/mol. The third-order valence-corrected chi connectivity index (χ3v) is 3.26. The summed E-state index contributed by atoms with van der Waals surface area (Å²) in [6.07, 6.45) is 0. The number of carbonyl (C=O) groups is 2. The lowest BCUT2D eigenvalue weighted by Gasteiger charge is -2.21. The highest BCUT2D eigenvalue weighted by Crippen LogP contribution is 2.18. The molecule has 1 unspecified atom stereocenters. The molecule has 0 saturated heterocycles. The molecule has 2 amide bonds. The van der Waals surface area contributed by atoms with E-state index in [1.54, 1.807) is 18.7 Å². The second kappa shape index (κ2) is 7.65. The van der Waals surface area contributed by atoms with Crippen LogP contribution in [0.1, 0.15) is 26.3 Å². The molecular weight excluding hydrogens is 254 g/mol. The van der Waals surface area contributed by atoms with E-state index in [1.165, 1.54) is 0 Å². The van der Waals surface area contributed by atoms with Crippen molar-refractivity contribution >= 4 is 17.5 Å². The lowest BCUT2D eigenvalue weighted by Crippen LogP contribution is -2.30. The van der Waals surface area contributed by atoms with E-state index < -0.39 is 0 Å². The molecule has 0 saturated carbocycles. The number of hydrogen-bond donors (Lipinski definition) is 2. The minimum absolute atomic E-state index is 0.0176. The summed E-state index contributed by atoms with van der Waals surface area (Å²) in [7, 11) is 0. The zero-order valence-electron chi connectivity index (χ0n) is 12.3. The van der Waals surface area contributed by atoms with Crippen molar-refractivity contribution < 1.29 is 9.59 Å². The quantitative estimate of drug-likeness (QED) is 0.829. The highest BCUT2D eigenvalue weighted by molar-refractivity contribution is 5.93. The molecule has 0 fully saturated rings. The second-order valence-corrected chi connectivity index (χ2v) is 4.82. The van der Waals surface area contributed by atoms with Crippen molar-refractivity contribution in [1.29, 1.82) is 0 Å². The number of rotatable bonds is 6. The van der Waals surface area contributed by atoms with E-state index in [2.05, 4.69) is 5.32 Å². The van der Waals surface area contributed by atoms with Gasteiger partial charge >= 0.3 is 0 Å². The number of nitrogens with two attached hydrogens (primary N) is 1. The molecule has 1 aromatic rings. The van der Waals surface area contributed by atoms with Gasteiger partial charge in [-0.25, -0.2) is 0 Å². The molecule has 0 aromatic heterocycles. The topological polar surface area (TPSA) is 75.4 Å². The standard InChI is InChI=1S/C15H23N3O2/c1-4-18(12(3)19)10-13-7-5-6-8-14(13)17-15(20)11(2)9-16/h5-8,11H,4,9-10,16H2,1-3H3,(H,17,20). The molecule has 0 radical (unpaired) electrons.